The van der Waals surface area contributed by atoms with Crippen molar-refractivity contribution in [3.8, 4) is 0 Å². The number of thiazole rings is 1. The first-order valence-corrected chi connectivity index (χ1v) is 9.55. The second-order valence-corrected chi connectivity index (χ2v) is 7.51. The number of carboxylic acid groups (broad SMARTS) is 1. The average molecular weight is 412 g/mol. The molecule has 2 aliphatic rings. The van der Waals surface area contributed by atoms with E-state index < -0.39 is 29.2 Å². The lowest BCUT2D eigenvalue weighted by Crippen LogP contribution is -2.71. The van der Waals surface area contributed by atoms with Crippen molar-refractivity contribution in [1.82, 2.24) is 15.2 Å². The Morgan fingerprint density at radius 1 is 1.56 bits per heavy atom. The van der Waals surface area contributed by atoms with E-state index in [-0.39, 0.29) is 28.8 Å². The number of hydrogen-bond acceptors (Lipinski definition) is 10. The van der Waals surface area contributed by atoms with Gasteiger partial charge in [0.05, 0.1) is 0 Å². The maximum atomic E-state index is 12.6. The number of carbonyl (C=O) groups is 3. The zero-order valence-electron chi connectivity index (χ0n) is 14.0. The van der Waals surface area contributed by atoms with Crippen LogP contribution < -0.4 is 16.8 Å². The molecule has 2 aliphatic heterocycles. The van der Waals surface area contributed by atoms with Gasteiger partial charge in [-0.2, -0.15) is 0 Å². The van der Waals surface area contributed by atoms with Crippen LogP contribution in [0.3, 0.4) is 0 Å². The summed E-state index contributed by atoms with van der Waals surface area (Å²) in [4.78, 5) is 46.4. The molecule has 0 saturated carbocycles. The van der Waals surface area contributed by atoms with Crippen molar-refractivity contribution in [1.29, 1.82) is 0 Å². The Morgan fingerprint density at radius 2 is 2.30 bits per heavy atom. The van der Waals surface area contributed by atoms with Gasteiger partial charge in [-0.3, -0.25) is 14.5 Å². The van der Waals surface area contributed by atoms with Crippen molar-refractivity contribution in [2.24, 2.45) is 10.9 Å². The molecule has 2 amide bonds. The highest BCUT2D eigenvalue weighted by Crippen LogP contribution is 2.40. The van der Waals surface area contributed by atoms with Crippen LogP contribution in [0.25, 0.3) is 0 Å². The number of aromatic nitrogens is 1. The molecule has 13 heteroatoms. The molecule has 0 radical (unpaired) electrons. The number of anilines is 1. The van der Waals surface area contributed by atoms with Crippen LogP contribution in [0.15, 0.2) is 21.8 Å². The molecule has 11 nitrogen and oxygen atoms in total. The van der Waals surface area contributed by atoms with Gasteiger partial charge in [0.25, 0.3) is 11.8 Å². The van der Waals surface area contributed by atoms with Gasteiger partial charge in [-0.15, -0.1) is 23.1 Å². The number of rotatable bonds is 6. The Hall–Kier alpha value is -2.64. The second kappa shape index (κ2) is 7.54. The summed E-state index contributed by atoms with van der Waals surface area (Å²) in [6.45, 7) is 0.0397. The fourth-order valence-corrected chi connectivity index (χ4v) is 4.65. The molecule has 2 atom stereocenters. The van der Waals surface area contributed by atoms with Crippen LogP contribution in [-0.2, 0) is 19.2 Å². The summed E-state index contributed by atoms with van der Waals surface area (Å²) in [6.07, 6.45) is 0. The van der Waals surface area contributed by atoms with Crippen molar-refractivity contribution in [3.63, 3.8) is 0 Å². The van der Waals surface area contributed by atoms with Gasteiger partial charge in [0, 0.05) is 17.7 Å². The summed E-state index contributed by atoms with van der Waals surface area (Å²) in [5, 5.41) is 16.9. The average Bonchev–Trinajstić information content (AvgIpc) is 3.08. The molecule has 3 rings (SSSR count). The molecule has 0 aromatic carbocycles. The standard InChI is InChI=1S/C14H16N6O5S2/c1-25-19-7(6-4-27-14(16)17-6)10(21)18-8-11(22)20-9(13(23)24)5(2-15)3-26-12(8)20/h4,8,12H,2-3,15H2,1H3,(H2,16,17)(H,18,21)(H,23,24)/b19-7-/t8?,12-/m0/s1. The molecule has 1 unspecified atom stereocenters. The van der Waals surface area contributed by atoms with E-state index in [0.717, 1.165) is 16.2 Å². The maximum Gasteiger partial charge on any atom is 0.352 e. The van der Waals surface area contributed by atoms with Gasteiger partial charge in [-0.1, -0.05) is 5.16 Å². The molecular formula is C14H16N6O5S2. The highest BCUT2D eigenvalue weighted by atomic mass is 32.2. The molecule has 0 spiro atoms. The Balaban J connectivity index is 1.79. The van der Waals surface area contributed by atoms with E-state index in [1.165, 1.54) is 24.3 Å². The van der Waals surface area contributed by atoms with Gasteiger partial charge in [-0.25, -0.2) is 9.78 Å². The van der Waals surface area contributed by atoms with Crippen molar-refractivity contribution >= 4 is 51.7 Å². The number of nitrogens with two attached hydrogens (primary N) is 2. The molecule has 1 fully saturated rings. The lowest BCUT2D eigenvalue weighted by Gasteiger charge is -2.49. The maximum absolute atomic E-state index is 12.6. The summed E-state index contributed by atoms with van der Waals surface area (Å²) in [5.41, 5.74) is 11.6. The summed E-state index contributed by atoms with van der Waals surface area (Å²) < 4.78 is 0. The smallest absolute Gasteiger partial charge is 0.352 e. The van der Waals surface area contributed by atoms with E-state index in [9.17, 15) is 19.5 Å². The van der Waals surface area contributed by atoms with Gasteiger partial charge in [0.2, 0.25) is 0 Å². The molecule has 3 heterocycles. The number of amides is 2. The van der Waals surface area contributed by atoms with Crippen LogP contribution in [0.1, 0.15) is 5.69 Å². The van der Waals surface area contributed by atoms with Gasteiger partial charge in [-0.05, 0) is 5.57 Å². The molecule has 6 N–H and O–H groups in total. The van der Waals surface area contributed by atoms with E-state index in [1.54, 1.807) is 0 Å². The molecule has 27 heavy (non-hydrogen) atoms. The van der Waals surface area contributed by atoms with Crippen LogP contribution in [0.4, 0.5) is 5.13 Å². The van der Waals surface area contributed by atoms with Crippen LogP contribution in [0.5, 0.6) is 0 Å². The van der Waals surface area contributed by atoms with Crippen LogP contribution >= 0.6 is 23.1 Å². The van der Waals surface area contributed by atoms with E-state index in [1.807, 2.05) is 0 Å². The molecule has 1 aromatic rings. The molecule has 1 saturated heterocycles. The third kappa shape index (κ3) is 3.36. The van der Waals surface area contributed by atoms with Crippen LogP contribution in [0.2, 0.25) is 0 Å². The van der Waals surface area contributed by atoms with Gasteiger partial charge in [0.15, 0.2) is 10.8 Å². The normalized spacial score (nSPS) is 22.2. The Morgan fingerprint density at radius 3 is 2.85 bits per heavy atom. The van der Waals surface area contributed by atoms with E-state index >= 15 is 0 Å². The first-order chi connectivity index (χ1) is 12.9. The Bertz CT molecular complexity index is 866. The fourth-order valence-electron chi connectivity index (χ4n) is 2.74. The van der Waals surface area contributed by atoms with E-state index in [2.05, 4.69) is 20.3 Å². The largest absolute Gasteiger partial charge is 0.477 e. The van der Waals surface area contributed by atoms with Crippen molar-refractivity contribution in [3.05, 3.63) is 22.3 Å². The minimum Gasteiger partial charge on any atom is -0.477 e. The predicted molar refractivity (Wildman–Crippen MR) is 98.8 cm³/mol. The fraction of sp³-hybridized carbons (Fsp3) is 0.357. The number of β-lactam (4-membered cyclic amide) rings is 1. The Labute approximate surface area is 161 Å². The number of fused-ring (bicyclic) bond motifs is 1. The van der Waals surface area contributed by atoms with Crippen LogP contribution in [-0.4, -0.2) is 69.3 Å². The summed E-state index contributed by atoms with van der Waals surface area (Å²) in [5.74, 6) is -2.07. The quantitative estimate of drug-likeness (QED) is 0.253. The number of nitrogens with one attached hydrogen (secondary N) is 1. The number of carbonyl (C=O) groups excluding carboxylic acids is 2. The summed E-state index contributed by atoms with van der Waals surface area (Å²) in [7, 11) is 1.27. The summed E-state index contributed by atoms with van der Waals surface area (Å²) in [6, 6.07) is -0.894. The summed E-state index contributed by atoms with van der Waals surface area (Å²) >= 11 is 2.46. The van der Waals surface area contributed by atoms with E-state index in [4.69, 9.17) is 11.5 Å². The van der Waals surface area contributed by atoms with E-state index in [0.29, 0.717) is 11.3 Å². The minimum absolute atomic E-state index is 0.0397. The number of carboxylic acids is 1. The molecular weight excluding hydrogens is 396 g/mol. The Kier molecular flexibility index (Phi) is 5.34. The lowest BCUT2D eigenvalue weighted by molar-refractivity contribution is -0.150. The zero-order valence-corrected chi connectivity index (χ0v) is 15.7. The van der Waals surface area contributed by atoms with Crippen molar-refractivity contribution in [2.75, 3.05) is 25.1 Å². The topological polar surface area (TPSA) is 173 Å². The highest BCUT2D eigenvalue weighted by molar-refractivity contribution is 8.00. The lowest BCUT2D eigenvalue weighted by atomic mass is 10.0. The monoisotopic (exact) mass is 412 g/mol. The number of oxime groups is 1. The molecule has 144 valence electrons. The van der Waals surface area contributed by atoms with Gasteiger partial charge < -0.3 is 26.7 Å². The zero-order chi connectivity index (χ0) is 19.7. The molecule has 0 aliphatic carbocycles. The first-order valence-electron chi connectivity index (χ1n) is 7.62. The third-order valence-electron chi connectivity index (χ3n) is 3.95. The third-order valence-corrected chi connectivity index (χ3v) is 5.96. The highest BCUT2D eigenvalue weighted by Gasteiger charge is 2.54. The number of thioether (sulfide) groups is 1. The number of hydrogen-bond donors (Lipinski definition) is 4. The predicted octanol–water partition coefficient (Wildman–Crippen LogP) is -1.23. The second-order valence-electron chi connectivity index (χ2n) is 5.52. The number of nitrogen functional groups attached to an aromatic ring is 1. The first kappa shape index (κ1) is 19.1. The van der Waals surface area contributed by atoms with Crippen LogP contribution in [0, 0.1) is 0 Å². The number of aliphatic carboxylic acids is 1. The molecule has 1 aromatic heterocycles. The SMILES string of the molecule is CO/N=C(\C(=O)NC1C(=O)N2C(C(=O)O)=C(CN)CS[C@@H]12)c1csc(N)n1. The molecule has 0 bridgehead atoms. The van der Waals surface area contributed by atoms with Crippen molar-refractivity contribution < 1.29 is 24.3 Å². The van der Waals surface area contributed by atoms with Crippen molar-refractivity contribution in [2.45, 2.75) is 11.4 Å². The van der Waals surface area contributed by atoms with Gasteiger partial charge >= 0.3 is 5.97 Å². The minimum atomic E-state index is -1.22. The van der Waals surface area contributed by atoms with Gasteiger partial charge in [0.1, 0.15) is 29.9 Å². The number of nitrogens with zero attached hydrogens (tertiary/aromatic N) is 3.